The van der Waals surface area contributed by atoms with E-state index in [1.54, 1.807) is 12.3 Å². The minimum absolute atomic E-state index is 0.0891. The smallest absolute Gasteiger partial charge is 0.263 e. The third-order valence-corrected chi connectivity index (χ3v) is 4.47. The van der Waals surface area contributed by atoms with Crippen LogP contribution in [0.1, 0.15) is 47.4 Å². The predicted octanol–water partition coefficient (Wildman–Crippen LogP) is 1.46. The lowest BCUT2D eigenvalue weighted by Crippen LogP contribution is -2.53. The van der Waals surface area contributed by atoms with E-state index in [1.165, 1.54) is 11.1 Å². The van der Waals surface area contributed by atoms with Crippen molar-refractivity contribution in [2.75, 3.05) is 13.1 Å². The maximum atomic E-state index is 12.3. The number of piperidine rings is 1. The number of hydrogen-bond donors (Lipinski definition) is 1. The molecule has 2 aliphatic rings. The molecule has 0 spiro atoms. The summed E-state index contributed by atoms with van der Waals surface area (Å²) in [6, 6.07) is 1.76. The van der Waals surface area contributed by atoms with Gasteiger partial charge in [-0.2, -0.15) is 0 Å². The van der Waals surface area contributed by atoms with E-state index < -0.39 is 0 Å². The SMILES string of the molecule is CC1(C)CCCNC1CN1C(=O)c2ccncc2C1=O. The molecule has 0 radical (unpaired) electrons. The Balaban J connectivity index is 1.83. The van der Waals surface area contributed by atoms with Gasteiger partial charge < -0.3 is 5.32 Å². The van der Waals surface area contributed by atoms with Crippen molar-refractivity contribution < 1.29 is 9.59 Å². The molecule has 3 rings (SSSR count). The third-order valence-electron chi connectivity index (χ3n) is 4.47. The van der Waals surface area contributed by atoms with E-state index in [1.807, 2.05) is 0 Å². The zero-order valence-corrected chi connectivity index (χ0v) is 11.8. The highest BCUT2D eigenvalue weighted by molar-refractivity contribution is 6.21. The van der Waals surface area contributed by atoms with Crippen molar-refractivity contribution in [2.24, 2.45) is 5.41 Å². The first-order chi connectivity index (χ1) is 9.50. The van der Waals surface area contributed by atoms with E-state index in [0.29, 0.717) is 17.7 Å². The van der Waals surface area contributed by atoms with E-state index in [9.17, 15) is 9.59 Å². The molecule has 5 heteroatoms. The van der Waals surface area contributed by atoms with Crippen LogP contribution >= 0.6 is 0 Å². The second kappa shape index (κ2) is 4.66. The average molecular weight is 273 g/mol. The van der Waals surface area contributed by atoms with Gasteiger partial charge in [0.15, 0.2) is 0 Å². The van der Waals surface area contributed by atoms with E-state index in [0.717, 1.165) is 19.4 Å². The topological polar surface area (TPSA) is 62.3 Å². The Morgan fingerprint density at radius 1 is 1.35 bits per heavy atom. The van der Waals surface area contributed by atoms with Crippen LogP contribution in [0.4, 0.5) is 0 Å². The molecule has 20 heavy (non-hydrogen) atoms. The molecule has 2 aliphatic heterocycles. The van der Waals surface area contributed by atoms with Crippen molar-refractivity contribution in [2.45, 2.75) is 32.7 Å². The molecule has 1 saturated heterocycles. The molecular weight excluding hydrogens is 254 g/mol. The number of hydrogen-bond acceptors (Lipinski definition) is 4. The van der Waals surface area contributed by atoms with Crippen LogP contribution in [0, 0.1) is 5.41 Å². The van der Waals surface area contributed by atoms with Crippen molar-refractivity contribution in [3.8, 4) is 0 Å². The fourth-order valence-corrected chi connectivity index (χ4v) is 3.07. The Hall–Kier alpha value is -1.75. The Labute approximate surface area is 118 Å². The predicted molar refractivity (Wildman–Crippen MR) is 74.4 cm³/mol. The molecule has 0 aliphatic carbocycles. The lowest BCUT2D eigenvalue weighted by molar-refractivity contribution is 0.0579. The maximum absolute atomic E-state index is 12.3. The Morgan fingerprint density at radius 3 is 2.80 bits per heavy atom. The lowest BCUT2D eigenvalue weighted by atomic mass is 9.77. The second-order valence-corrected chi connectivity index (χ2v) is 6.24. The molecule has 3 heterocycles. The molecule has 2 amide bonds. The van der Waals surface area contributed by atoms with E-state index >= 15 is 0 Å². The molecule has 1 N–H and O–H groups in total. The third kappa shape index (κ3) is 2.02. The van der Waals surface area contributed by atoms with Crippen molar-refractivity contribution in [1.82, 2.24) is 15.2 Å². The van der Waals surface area contributed by atoms with Crippen LogP contribution in [-0.4, -0.2) is 40.8 Å². The number of rotatable bonds is 2. The highest BCUT2D eigenvalue weighted by Gasteiger charge is 2.40. The van der Waals surface area contributed by atoms with Gasteiger partial charge >= 0.3 is 0 Å². The normalized spacial score (nSPS) is 24.9. The summed E-state index contributed by atoms with van der Waals surface area (Å²) in [5.74, 6) is -0.420. The van der Waals surface area contributed by atoms with Gasteiger partial charge in [0.1, 0.15) is 0 Å². The van der Waals surface area contributed by atoms with Crippen LogP contribution in [0.3, 0.4) is 0 Å². The quantitative estimate of drug-likeness (QED) is 0.829. The standard InChI is InChI=1S/C15H19N3O2/c1-15(2)5-3-6-17-12(15)9-18-13(19)10-4-7-16-8-11(10)14(18)20/h4,7-8,12,17H,3,5-6,9H2,1-2H3. The highest BCUT2D eigenvalue weighted by atomic mass is 16.2. The molecule has 5 nitrogen and oxygen atoms in total. The zero-order chi connectivity index (χ0) is 14.3. The fourth-order valence-electron chi connectivity index (χ4n) is 3.07. The van der Waals surface area contributed by atoms with E-state index in [-0.39, 0.29) is 23.3 Å². The number of aromatic nitrogens is 1. The van der Waals surface area contributed by atoms with Gasteiger partial charge in [0, 0.05) is 25.0 Å². The summed E-state index contributed by atoms with van der Waals surface area (Å²) in [6.07, 6.45) is 5.27. The first kappa shape index (κ1) is 13.2. The monoisotopic (exact) mass is 273 g/mol. The van der Waals surface area contributed by atoms with Gasteiger partial charge in [-0.1, -0.05) is 13.8 Å². The summed E-state index contributed by atoms with van der Waals surface area (Å²) in [5.41, 5.74) is 0.982. The number of nitrogens with zero attached hydrogens (tertiary/aromatic N) is 2. The van der Waals surface area contributed by atoms with Crippen molar-refractivity contribution in [3.05, 3.63) is 29.6 Å². The molecule has 1 unspecified atom stereocenters. The molecule has 106 valence electrons. The summed E-state index contributed by atoms with van der Waals surface area (Å²) in [7, 11) is 0. The molecule has 0 saturated carbocycles. The average Bonchev–Trinajstić information content (AvgIpc) is 2.66. The van der Waals surface area contributed by atoms with Gasteiger partial charge in [-0.15, -0.1) is 0 Å². The number of pyridine rings is 1. The largest absolute Gasteiger partial charge is 0.312 e. The maximum Gasteiger partial charge on any atom is 0.263 e. The minimum Gasteiger partial charge on any atom is -0.312 e. The highest BCUT2D eigenvalue weighted by Crippen LogP contribution is 2.32. The number of imide groups is 1. The van der Waals surface area contributed by atoms with Crippen molar-refractivity contribution in [1.29, 1.82) is 0 Å². The van der Waals surface area contributed by atoms with Crippen LogP contribution in [0.25, 0.3) is 0 Å². The summed E-state index contributed by atoms with van der Waals surface area (Å²) in [6.45, 7) is 5.74. The fraction of sp³-hybridized carbons (Fsp3) is 0.533. The molecule has 1 aromatic heterocycles. The number of fused-ring (bicyclic) bond motifs is 1. The van der Waals surface area contributed by atoms with Crippen LogP contribution in [0.2, 0.25) is 0 Å². The summed E-state index contributed by atoms with van der Waals surface area (Å²) in [5, 5.41) is 3.44. The van der Waals surface area contributed by atoms with Gasteiger partial charge in [0.2, 0.25) is 0 Å². The molecule has 1 aromatic rings. The second-order valence-electron chi connectivity index (χ2n) is 6.24. The van der Waals surface area contributed by atoms with Crippen LogP contribution < -0.4 is 5.32 Å². The van der Waals surface area contributed by atoms with Crippen LogP contribution in [-0.2, 0) is 0 Å². The summed E-state index contributed by atoms with van der Waals surface area (Å²) < 4.78 is 0. The van der Waals surface area contributed by atoms with E-state index in [4.69, 9.17) is 0 Å². The Kier molecular flexibility index (Phi) is 3.09. The molecule has 0 aromatic carbocycles. The van der Waals surface area contributed by atoms with Gasteiger partial charge in [-0.3, -0.25) is 19.5 Å². The molecular formula is C15H19N3O2. The van der Waals surface area contributed by atoms with Crippen LogP contribution in [0.15, 0.2) is 18.5 Å². The minimum atomic E-state index is -0.221. The Bertz CT molecular complexity index is 533. The molecule has 0 bridgehead atoms. The lowest BCUT2D eigenvalue weighted by Gasteiger charge is -2.40. The van der Waals surface area contributed by atoms with Crippen LogP contribution in [0.5, 0.6) is 0 Å². The van der Waals surface area contributed by atoms with Gasteiger partial charge in [-0.05, 0) is 30.9 Å². The van der Waals surface area contributed by atoms with E-state index in [2.05, 4.69) is 24.1 Å². The summed E-state index contributed by atoms with van der Waals surface area (Å²) >= 11 is 0. The first-order valence-corrected chi connectivity index (χ1v) is 7.04. The number of amides is 2. The molecule has 1 fully saturated rings. The van der Waals surface area contributed by atoms with Gasteiger partial charge in [0.05, 0.1) is 11.1 Å². The number of nitrogens with one attached hydrogen (secondary N) is 1. The molecule has 1 atom stereocenters. The van der Waals surface area contributed by atoms with Crippen molar-refractivity contribution >= 4 is 11.8 Å². The summed E-state index contributed by atoms with van der Waals surface area (Å²) in [4.78, 5) is 30.0. The number of carbonyl (C=O) groups excluding carboxylic acids is 2. The number of carbonyl (C=O) groups is 2. The van der Waals surface area contributed by atoms with Gasteiger partial charge in [-0.25, -0.2) is 0 Å². The van der Waals surface area contributed by atoms with Gasteiger partial charge in [0.25, 0.3) is 11.8 Å². The zero-order valence-electron chi connectivity index (χ0n) is 11.8. The van der Waals surface area contributed by atoms with Crippen molar-refractivity contribution in [3.63, 3.8) is 0 Å². The Morgan fingerprint density at radius 2 is 2.10 bits per heavy atom. The first-order valence-electron chi connectivity index (χ1n) is 7.04.